The molecule has 152 valence electrons. The smallest absolute Gasteiger partial charge is 0.335 e. The van der Waals surface area contributed by atoms with Crippen molar-refractivity contribution in [1.29, 1.82) is 0 Å². The molecule has 0 saturated heterocycles. The maximum absolute atomic E-state index is 12.8. The molecule has 0 bridgehead atoms. The number of carboxylic acid groups (broad SMARTS) is 1. The number of carbonyl (C=O) groups is 2. The van der Waals surface area contributed by atoms with Crippen LogP contribution in [0.1, 0.15) is 45.0 Å². The van der Waals surface area contributed by atoms with Crippen LogP contribution in [-0.2, 0) is 17.0 Å². The van der Waals surface area contributed by atoms with Gasteiger partial charge in [-0.2, -0.15) is 0 Å². The number of benzene rings is 3. The minimum atomic E-state index is -0.933. The van der Waals surface area contributed by atoms with Crippen LogP contribution in [0.25, 0.3) is 0 Å². The third-order valence-corrected chi connectivity index (χ3v) is 6.57. The summed E-state index contributed by atoms with van der Waals surface area (Å²) in [5, 5.41) is 12.0. The first-order chi connectivity index (χ1) is 14.6. The third-order valence-electron chi connectivity index (χ3n) is 5.43. The molecule has 2 N–H and O–H groups in total. The molecule has 5 heteroatoms. The molecule has 0 aliphatic carbocycles. The largest absolute Gasteiger partial charge is 0.478 e. The lowest BCUT2D eigenvalue weighted by atomic mass is 9.86. The number of nitrogens with one attached hydrogen (secondary N) is 1. The highest BCUT2D eigenvalue weighted by molar-refractivity contribution is 7.98. The average molecular weight is 418 g/mol. The second kappa shape index (κ2) is 9.18. The van der Waals surface area contributed by atoms with E-state index in [-0.39, 0.29) is 17.4 Å². The second-order valence-corrected chi connectivity index (χ2v) is 8.40. The van der Waals surface area contributed by atoms with Gasteiger partial charge in [0.05, 0.1) is 5.56 Å². The van der Waals surface area contributed by atoms with Gasteiger partial charge in [-0.3, -0.25) is 4.79 Å². The van der Waals surface area contributed by atoms with Crippen molar-refractivity contribution in [3.63, 3.8) is 0 Å². The van der Waals surface area contributed by atoms with E-state index in [1.165, 1.54) is 21.6 Å². The van der Waals surface area contributed by atoms with Gasteiger partial charge in [-0.25, -0.2) is 4.79 Å². The number of rotatable bonds is 6. The molecule has 0 saturated carbocycles. The lowest BCUT2D eigenvalue weighted by Crippen LogP contribution is -2.27. The van der Waals surface area contributed by atoms with Gasteiger partial charge >= 0.3 is 5.97 Å². The zero-order valence-electron chi connectivity index (χ0n) is 16.5. The predicted molar refractivity (Wildman–Crippen MR) is 119 cm³/mol. The van der Waals surface area contributed by atoms with Crippen molar-refractivity contribution >= 4 is 23.6 Å². The van der Waals surface area contributed by atoms with Crippen LogP contribution in [0.4, 0.5) is 0 Å². The Morgan fingerprint density at radius 3 is 2.40 bits per heavy atom. The minimum Gasteiger partial charge on any atom is -0.478 e. The van der Waals surface area contributed by atoms with Crippen LogP contribution in [0.3, 0.4) is 0 Å². The summed E-state index contributed by atoms with van der Waals surface area (Å²) in [7, 11) is 0. The summed E-state index contributed by atoms with van der Waals surface area (Å²) in [6, 6.07) is 23.5. The molecule has 1 aliphatic rings. The highest BCUT2D eigenvalue weighted by Gasteiger charge is 2.25. The topological polar surface area (TPSA) is 66.4 Å². The summed E-state index contributed by atoms with van der Waals surface area (Å²) in [5.74, 6) is 0.0513. The lowest BCUT2D eigenvalue weighted by molar-refractivity contribution is -0.121. The van der Waals surface area contributed by atoms with Gasteiger partial charge in [0.25, 0.3) is 0 Å². The summed E-state index contributed by atoms with van der Waals surface area (Å²) >= 11 is 1.83. The highest BCUT2D eigenvalue weighted by atomic mass is 32.2. The zero-order chi connectivity index (χ0) is 20.9. The fourth-order valence-electron chi connectivity index (χ4n) is 3.87. The van der Waals surface area contributed by atoms with E-state index in [0.717, 1.165) is 11.3 Å². The first-order valence-corrected chi connectivity index (χ1v) is 11.0. The number of hydrogen-bond acceptors (Lipinski definition) is 3. The van der Waals surface area contributed by atoms with Crippen LogP contribution in [0, 0.1) is 0 Å². The third kappa shape index (κ3) is 4.57. The molecule has 3 aromatic carbocycles. The van der Waals surface area contributed by atoms with E-state index in [1.54, 1.807) is 24.3 Å². The van der Waals surface area contributed by atoms with Crippen molar-refractivity contribution in [2.75, 3.05) is 6.54 Å². The number of fused-ring (bicyclic) bond motifs is 2. The van der Waals surface area contributed by atoms with Crippen LogP contribution < -0.4 is 5.32 Å². The first kappa shape index (κ1) is 20.2. The van der Waals surface area contributed by atoms with Gasteiger partial charge in [0, 0.05) is 29.5 Å². The maximum atomic E-state index is 12.8. The van der Waals surface area contributed by atoms with E-state index in [9.17, 15) is 9.59 Å². The number of amides is 1. The predicted octanol–water partition coefficient (Wildman–Crippen LogP) is 4.87. The number of carbonyl (C=O) groups excluding carboxylic acids is 1. The molecule has 0 aromatic heterocycles. The highest BCUT2D eigenvalue weighted by Crippen LogP contribution is 2.41. The molecule has 0 radical (unpaired) electrons. The molecule has 4 rings (SSSR count). The summed E-state index contributed by atoms with van der Waals surface area (Å²) in [6.07, 6.45) is 1.08. The SMILES string of the molecule is O=C(CC1c2ccccc2CSc2ccccc21)NCCc1ccc(C(=O)O)cc1. The van der Waals surface area contributed by atoms with Gasteiger partial charge in [0.1, 0.15) is 0 Å². The fourth-order valence-corrected chi connectivity index (χ4v) is 4.99. The molecule has 1 amide bonds. The Hall–Kier alpha value is -3.05. The molecule has 1 unspecified atom stereocenters. The molecule has 0 spiro atoms. The van der Waals surface area contributed by atoms with Crippen LogP contribution in [0.2, 0.25) is 0 Å². The van der Waals surface area contributed by atoms with E-state index in [1.807, 2.05) is 23.9 Å². The standard InChI is InChI=1S/C25H23NO3S/c27-24(26-14-13-17-9-11-18(12-10-17)25(28)29)15-22-20-6-2-1-5-19(20)16-30-23-8-4-3-7-21(22)23/h1-12,22H,13-16H2,(H,26,27)(H,28,29). The number of carboxylic acids is 1. The van der Waals surface area contributed by atoms with Gasteiger partial charge < -0.3 is 10.4 Å². The van der Waals surface area contributed by atoms with Gasteiger partial charge in [0.2, 0.25) is 5.91 Å². The van der Waals surface area contributed by atoms with E-state index in [0.29, 0.717) is 19.4 Å². The molecular weight excluding hydrogens is 394 g/mol. The Morgan fingerprint density at radius 2 is 1.63 bits per heavy atom. The van der Waals surface area contributed by atoms with Crippen molar-refractivity contribution in [1.82, 2.24) is 5.32 Å². The summed E-state index contributed by atoms with van der Waals surface area (Å²) < 4.78 is 0. The molecule has 1 aliphatic heterocycles. The van der Waals surface area contributed by atoms with Gasteiger partial charge in [-0.05, 0) is 46.9 Å². The van der Waals surface area contributed by atoms with Crippen LogP contribution >= 0.6 is 11.8 Å². The summed E-state index contributed by atoms with van der Waals surface area (Å²) in [6.45, 7) is 0.524. The van der Waals surface area contributed by atoms with Gasteiger partial charge in [-0.15, -0.1) is 11.8 Å². The molecule has 0 fully saturated rings. The number of thioether (sulfide) groups is 1. The Bertz CT molecular complexity index is 1010. The Labute approximate surface area is 180 Å². The van der Waals surface area contributed by atoms with Crippen molar-refractivity contribution in [3.05, 3.63) is 101 Å². The molecule has 1 heterocycles. The van der Waals surface area contributed by atoms with E-state index >= 15 is 0 Å². The maximum Gasteiger partial charge on any atom is 0.335 e. The van der Waals surface area contributed by atoms with Gasteiger partial charge in [0.15, 0.2) is 0 Å². The number of hydrogen-bond donors (Lipinski definition) is 2. The quantitative estimate of drug-likeness (QED) is 0.600. The molecule has 30 heavy (non-hydrogen) atoms. The second-order valence-electron chi connectivity index (χ2n) is 7.38. The van der Waals surface area contributed by atoms with Gasteiger partial charge in [-0.1, -0.05) is 54.6 Å². The fraction of sp³-hybridized carbons (Fsp3) is 0.200. The van der Waals surface area contributed by atoms with E-state index < -0.39 is 5.97 Å². The van der Waals surface area contributed by atoms with E-state index in [4.69, 9.17) is 5.11 Å². The summed E-state index contributed by atoms with van der Waals surface area (Å²) in [5.41, 5.74) is 5.00. The first-order valence-electron chi connectivity index (χ1n) is 10.0. The van der Waals surface area contributed by atoms with Crippen LogP contribution in [-0.4, -0.2) is 23.5 Å². The van der Waals surface area contributed by atoms with Crippen molar-refractivity contribution in [2.24, 2.45) is 0 Å². The Kier molecular flexibility index (Phi) is 6.19. The monoisotopic (exact) mass is 417 g/mol. The van der Waals surface area contributed by atoms with Crippen LogP contribution in [0.5, 0.6) is 0 Å². The van der Waals surface area contributed by atoms with Crippen LogP contribution in [0.15, 0.2) is 77.7 Å². The van der Waals surface area contributed by atoms with Crippen molar-refractivity contribution < 1.29 is 14.7 Å². The molecule has 1 atom stereocenters. The van der Waals surface area contributed by atoms with Crippen molar-refractivity contribution in [2.45, 2.75) is 29.4 Å². The Balaban J connectivity index is 1.43. The van der Waals surface area contributed by atoms with E-state index in [2.05, 4.69) is 41.7 Å². The molecule has 3 aromatic rings. The minimum absolute atomic E-state index is 0.0265. The average Bonchev–Trinajstić information content (AvgIpc) is 2.92. The lowest BCUT2D eigenvalue weighted by Gasteiger charge is -2.19. The normalized spacial score (nSPS) is 14.9. The van der Waals surface area contributed by atoms with Crippen molar-refractivity contribution in [3.8, 4) is 0 Å². The molecule has 4 nitrogen and oxygen atoms in total. The number of aromatic carboxylic acids is 1. The molecular formula is C25H23NO3S. The zero-order valence-corrected chi connectivity index (χ0v) is 17.3. The summed E-state index contributed by atoms with van der Waals surface area (Å²) in [4.78, 5) is 25.0. The Morgan fingerprint density at radius 1 is 0.933 bits per heavy atom.